The lowest BCUT2D eigenvalue weighted by Gasteiger charge is -2.20. The van der Waals surface area contributed by atoms with E-state index in [0.717, 1.165) is 46.0 Å². The van der Waals surface area contributed by atoms with E-state index < -0.39 is 0 Å². The first kappa shape index (κ1) is 23.3. The Morgan fingerprint density at radius 2 is 1.90 bits per heavy atom. The van der Waals surface area contributed by atoms with Gasteiger partial charge in [-0.3, -0.25) is 14.9 Å². The van der Waals surface area contributed by atoms with Gasteiger partial charge in [-0.05, 0) is 43.0 Å². The van der Waals surface area contributed by atoms with E-state index in [9.17, 15) is 4.79 Å². The number of carbonyl (C=O) groups excluding carboxylic acids is 1. The minimum atomic E-state index is 0.0415. The monoisotopic (exact) mass is 518 g/mol. The standard InChI is InChI=1S/C29H26N8O2/c38-24(10-17-4-2-1-3-5-17)33-21-11-19(13-30-15-21)20-12-23-26(36-37-27(23)32-14-20)29-34-25-22(18-7-9-39-16-18)6-8-31-28(25)35-29/h6-9,11-17H,1-5,10H2,(H,33,38)(H,31,34,35)(H,32,36,37). The molecule has 6 heterocycles. The van der Waals surface area contributed by atoms with Crippen LogP contribution < -0.4 is 5.32 Å². The van der Waals surface area contributed by atoms with E-state index in [1.54, 1.807) is 37.3 Å². The Labute approximate surface area is 223 Å². The highest BCUT2D eigenvalue weighted by Gasteiger charge is 2.19. The van der Waals surface area contributed by atoms with Crippen molar-refractivity contribution in [2.75, 3.05) is 5.32 Å². The Morgan fingerprint density at radius 3 is 2.77 bits per heavy atom. The lowest BCUT2D eigenvalue weighted by molar-refractivity contribution is -0.117. The zero-order valence-corrected chi connectivity index (χ0v) is 21.1. The first-order valence-corrected chi connectivity index (χ1v) is 13.2. The zero-order chi connectivity index (χ0) is 26.2. The second-order valence-corrected chi connectivity index (χ2v) is 10.1. The fraction of sp³-hybridized carbons (Fsp3) is 0.241. The van der Waals surface area contributed by atoms with Crippen molar-refractivity contribution in [1.29, 1.82) is 0 Å². The molecular weight excluding hydrogens is 492 g/mol. The summed E-state index contributed by atoms with van der Waals surface area (Å²) in [6.45, 7) is 0. The maximum atomic E-state index is 12.7. The first-order valence-electron chi connectivity index (χ1n) is 13.2. The molecule has 6 aromatic rings. The highest BCUT2D eigenvalue weighted by Crippen LogP contribution is 2.32. The van der Waals surface area contributed by atoms with Crippen molar-refractivity contribution in [3.05, 3.63) is 61.6 Å². The molecule has 1 saturated carbocycles. The molecule has 1 amide bonds. The van der Waals surface area contributed by atoms with E-state index in [4.69, 9.17) is 9.40 Å². The van der Waals surface area contributed by atoms with Crippen LogP contribution in [0.4, 0.5) is 5.69 Å². The molecule has 0 unspecified atom stereocenters. The molecule has 10 nitrogen and oxygen atoms in total. The molecule has 194 valence electrons. The molecule has 1 aliphatic rings. The van der Waals surface area contributed by atoms with E-state index >= 15 is 0 Å². The maximum Gasteiger partial charge on any atom is 0.224 e. The maximum absolute atomic E-state index is 12.7. The molecule has 1 aliphatic carbocycles. The summed E-state index contributed by atoms with van der Waals surface area (Å²) in [5.74, 6) is 1.10. The quantitative estimate of drug-likeness (QED) is 0.241. The number of nitrogens with one attached hydrogen (secondary N) is 3. The molecule has 39 heavy (non-hydrogen) atoms. The summed E-state index contributed by atoms with van der Waals surface area (Å²) in [6, 6.07) is 7.73. The largest absolute Gasteiger partial charge is 0.472 e. The summed E-state index contributed by atoms with van der Waals surface area (Å²) in [4.78, 5) is 34.2. The number of imidazole rings is 1. The summed E-state index contributed by atoms with van der Waals surface area (Å²) in [6.07, 6.45) is 16.8. The van der Waals surface area contributed by atoms with Crippen LogP contribution in [0.25, 0.3) is 56.0 Å². The van der Waals surface area contributed by atoms with Crippen molar-refractivity contribution in [1.82, 2.24) is 35.1 Å². The summed E-state index contributed by atoms with van der Waals surface area (Å²) in [7, 11) is 0. The molecule has 6 aromatic heterocycles. The highest BCUT2D eigenvalue weighted by molar-refractivity contribution is 5.96. The lowest BCUT2D eigenvalue weighted by Crippen LogP contribution is -2.18. The number of furan rings is 1. The van der Waals surface area contributed by atoms with Crippen LogP contribution in [0.2, 0.25) is 0 Å². The van der Waals surface area contributed by atoms with Crippen LogP contribution in [-0.2, 0) is 4.79 Å². The summed E-state index contributed by atoms with van der Waals surface area (Å²) in [5, 5.41) is 11.3. The van der Waals surface area contributed by atoms with Gasteiger partial charge in [-0.15, -0.1) is 0 Å². The molecule has 10 heteroatoms. The van der Waals surface area contributed by atoms with Crippen molar-refractivity contribution in [3.8, 4) is 33.8 Å². The van der Waals surface area contributed by atoms with Crippen LogP contribution in [0, 0.1) is 5.92 Å². The Hall–Kier alpha value is -4.86. The molecule has 0 atom stereocenters. The smallest absolute Gasteiger partial charge is 0.224 e. The Kier molecular flexibility index (Phi) is 5.84. The van der Waals surface area contributed by atoms with E-state index in [2.05, 4.69) is 35.5 Å². The Bertz CT molecular complexity index is 1780. The minimum Gasteiger partial charge on any atom is -0.472 e. The number of amides is 1. The van der Waals surface area contributed by atoms with Crippen LogP contribution in [0.5, 0.6) is 0 Å². The lowest BCUT2D eigenvalue weighted by atomic mass is 9.87. The molecule has 0 aliphatic heterocycles. The van der Waals surface area contributed by atoms with Crippen LogP contribution in [0.1, 0.15) is 38.5 Å². The topological polar surface area (TPSA) is 138 Å². The van der Waals surface area contributed by atoms with E-state index in [1.807, 2.05) is 24.3 Å². The summed E-state index contributed by atoms with van der Waals surface area (Å²) >= 11 is 0. The second-order valence-electron chi connectivity index (χ2n) is 10.1. The number of aromatic nitrogens is 7. The van der Waals surface area contributed by atoms with Crippen LogP contribution in [-0.4, -0.2) is 41.0 Å². The third-order valence-corrected chi connectivity index (χ3v) is 7.41. The number of anilines is 1. The van der Waals surface area contributed by atoms with Crippen molar-refractivity contribution in [2.24, 2.45) is 5.92 Å². The normalized spacial score (nSPS) is 14.3. The Morgan fingerprint density at radius 1 is 1.00 bits per heavy atom. The van der Waals surface area contributed by atoms with Gasteiger partial charge in [0.05, 0.1) is 29.8 Å². The van der Waals surface area contributed by atoms with Crippen LogP contribution >= 0.6 is 0 Å². The van der Waals surface area contributed by atoms with Crippen LogP contribution in [0.3, 0.4) is 0 Å². The Balaban J connectivity index is 1.19. The first-order chi connectivity index (χ1) is 19.2. The van der Waals surface area contributed by atoms with Gasteiger partial charge in [0, 0.05) is 47.3 Å². The molecular formula is C29H26N8O2. The predicted molar refractivity (Wildman–Crippen MR) is 148 cm³/mol. The van der Waals surface area contributed by atoms with E-state index in [0.29, 0.717) is 40.8 Å². The van der Waals surface area contributed by atoms with Gasteiger partial charge >= 0.3 is 0 Å². The van der Waals surface area contributed by atoms with Crippen molar-refractivity contribution < 1.29 is 9.21 Å². The number of hydrogen-bond acceptors (Lipinski definition) is 7. The molecule has 0 aromatic carbocycles. The number of fused-ring (bicyclic) bond motifs is 2. The van der Waals surface area contributed by atoms with Gasteiger partial charge in [-0.1, -0.05) is 19.3 Å². The van der Waals surface area contributed by atoms with Crippen molar-refractivity contribution in [2.45, 2.75) is 38.5 Å². The van der Waals surface area contributed by atoms with Gasteiger partial charge in [0.1, 0.15) is 11.2 Å². The third kappa shape index (κ3) is 4.54. The summed E-state index contributed by atoms with van der Waals surface area (Å²) < 4.78 is 5.26. The van der Waals surface area contributed by atoms with Gasteiger partial charge in [0.25, 0.3) is 0 Å². The molecule has 7 rings (SSSR count). The van der Waals surface area contributed by atoms with E-state index in [1.165, 1.54) is 19.3 Å². The number of rotatable bonds is 6. The fourth-order valence-electron chi connectivity index (χ4n) is 5.45. The zero-order valence-electron chi connectivity index (χ0n) is 21.1. The molecule has 3 N–H and O–H groups in total. The van der Waals surface area contributed by atoms with Gasteiger partial charge < -0.3 is 14.7 Å². The van der Waals surface area contributed by atoms with Crippen molar-refractivity contribution >= 4 is 33.8 Å². The average molecular weight is 519 g/mol. The number of nitrogens with zero attached hydrogens (tertiary/aromatic N) is 5. The van der Waals surface area contributed by atoms with Gasteiger partial charge in [0.15, 0.2) is 17.1 Å². The van der Waals surface area contributed by atoms with Gasteiger partial charge in [0.2, 0.25) is 5.91 Å². The SMILES string of the molecule is O=C(CC1CCCCC1)Nc1cncc(-c2cnc3[nH]nc(-c4nc5c(-c6ccoc6)ccnc5[nH]4)c3c2)c1. The van der Waals surface area contributed by atoms with Crippen LogP contribution in [0.15, 0.2) is 66.0 Å². The fourth-order valence-corrected chi connectivity index (χ4v) is 5.45. The molecule has 0 saturated heterocycles. The highest BCUT2D eigenvalue weighted by atomic mass is 16.3. The van der Waals surface area contributed by atoms with Gasteiger partial charge in [-0.25, -0.2) is 15.0 Å². The van der Waals surface area contributed by atoms with E-state index in [-0.39, 0.29) is 5.91 Å². The molecule has 0 radical (unpaired) electrons. The summed E-state index contributed by atoms with van der Waals surface area (Å²) in [5.41, 5.74) is 6.89. The number of hydrogen-bond donors (Lipinski definition) is 3. The number of aromatic amines is 2. The average Bonchev–Trinajstić information content (AvgIpc) is 3.73. The van der Waals surface area contributed by atoms with Crippen molar-refractivity contribution in [3.63, 3.8) is 0 Å². The minimum absolute atomic E-state index is 0.0415. The third-order valence-electron chi connectivity index (χ3n) is 7.41. The number of carbonyl (C=O) groups is 1. The number of pyridine rings is 3. The molecule has 0 spiro atoms. The van der Waals surface area contributed by atoms with Gasteiger partial charge in [-0.2, -0.15) is 5.10 Å². The predicted octanol–water partition coefficient (Wildman–Crippen LogP) is 6.13. The number of H-pyrrole nitrogens is 2. The second kappa shape index (κ2) is 9.79. The molecule has 1 fully saturated rings. The molecule has 0 bridgehead atoms.